The van der Waals surface area contributed by atoms with Gasteiger partial charge in [-0.1, -0.05) is 5.16 Å². The molecule has 1 saturated carbocycles. The average molecular weight is 236 g/mol. The highest BCUT2D eigenvalue weighted by Gasteiger charge is 2.29. The van der Waals surface area contributed by atoms with Crippen molar-refractivity contribution in [2.45, 2.75) is 18.9 Å². The Morgan fingerprint density at radius 1 is 1.59 bits per heavy atom. The Kier molecular flexibility index (Phi) is 3.43. The molecule has 0 radical (unpaired) electrons. The molecule has 1 fully saturated rings. The molecular weight excluding hydrogens is 220 g/mol. The van der Waals surface area contributed by atoms with E-state index < -0.39 is 0 Å². The van der Waals surface area contributed by atoms with Gasteiger partial charge in [0.25, 0.3) is 0 Å². The topological polar surface area (TPSA) is 95.0 Å². The molecular formula is C11H16N4O2. The number of rotatable bonds is 5. The zero-order valence-corrected chi connectivity index (χ0v) is 9.45. The van der Waals surface area contributed by atoms with Crippen LogP contribution in [0.4, 0.5) is 5.82 Å². The molecule has 0 aromatic carbocycles. The SMILES string of the molecule is N/C(=N/O)c1ccnc(N(CCO)C2CC2)c1. The Bertz CT molecular complexity index is 418. The molecule has 0 atom stereocenters. The van der Waals surface area contributed by atoms with Crippen molar-refractivity contribution >= 4 is 11.7 Å². The van der Waals surface area contributed by atoms with Crippen LogP contribution in [0, 0.1) is 0 Å². The van der Waals surface area contributed by atoms with Gasteiger partial charge in [-0.05, 0) is 25.0 Å². The Labute approximate surface area is 99.4 Å². The van der Waals surface area contributed by atoms with Gasteiger partial charge in [0, 0.05) is 24.3 Å². The highest BCUT2D eigenvalue weighted by molar-refractivity contribution is 5.97. The minimum Gasteiger partial charge on any atom is -0.409 e. The predicted molar refractivity (Wildman–Crippen MR) is 64.2 cm³/mol. The van der Waals surface area contributed by atoms with Crippen molar-refractivity contribution in [1.29, 1.82) is 0 Å². The van der Waals surface area contributed by atoms with Gasteiger partial charge in [0.15, 0.2) is 5.84 Å². The van der Waals surface area contributed by atoms with E-state index in [4.69, 9.17) is 16.0 Å². The van der Waals surface area contributed by atoms with Gasteiger partial charge < -0.3 is 20.9 Å². The molecule has 2 rings (SSSR count). The summed E-state index contributed by atoms with van der Waals surface area (Å²) >= 11 is 0. The van der Waals surface area contributed by atoms with E-state index in [1.54, 1.807) is 18.3 Å². The second-order valence-electron chi connectivity index (χ2n) is 4.04. The van der Waals surface area contributed by atoms with Crippen molar-refractivity contribution in [2.75, 3.05) is 18.1 Å². The first-order valence-corrected chi connectivity index (χ1v) is 5.57. The number of aliphatic hydroxyl groups excluding tert-OH is 1. The molecule has 17 heavy (non-hydrogen) atoms. The van der Waals surface area contributed by atoms with E-state index >= 15 is 0 Å². The number of hydrogen-bond acceptors (Lipinski definition) is 5. The van der Waals surface area contributed by atoms with Gasteiger partial charge in [-0.25, -0.2) is 4.98 Å². The molecule has 4 N–H and O–H groups in total. The van der Waals surface area contributed by atoms with Crippen molar-refractivity contribution in [1.82, 2.24) is 4.98 Å². The molecule has 0 saturated heterocycles. The number of aliphatic hydroxyl groups is 1. The minimum atomic E-state index is 0.0633. The van der Waals surface area contributed by atoms with Crippen LogP contribution in [0.5, 0.6) is 0 Å². The Morgan fingerprint density at radius 2 is 2.35 bits per heavy atom. The maximum Gasteiger partial charge on any atom is 0.170 e. The van der Waals surface area contributed by atoms with Crippen LogP contribution in [0.3, 0.4) is 0 Å². The summed E-state index contributed by atoms with van der Waals surface area (Å²) < 4.78 is 0. The van der Waals surface area contributed by atoms with Crippen LogP contribution in [-0.2, 0) is 0 Å². The lowest BCUT2D eigenvalue weighted by atomic mass is 10.2. The minimum absolute atomic E-state index is 0.0633. The molecule has 6 nitrogen and oxygen atoms in total. The van der Waals surface area contributed by atoms with E-state index in [0.717, 1.165) is 18.7 Å². The number of amidine groups is 1. The van der Waals surface area contributed by atoms with Gasteiger partial charge in [-0.2, -0.15) is 0 Å². The van der Waals surface area contributed by atoms with Gasteiger partial charge >= 0.3 is 0 Å². The number of nitrogens with zero attached hydrogens (tertiary/aromatic N) is 3. The highest BCUT2D eigenvalue weighted by atomic mass is 16.4. The Morgan fingerprint density at radius 3 is 2.94 bits per heavy atom. The van der Waals surface area contributed by atoms with Gasteiger partial charge in [0.05, 0.1) is 6.61 Å². The lowest BCUT2D eigenvalue weighted by Crippen LogP contribution is -2.30. The summed E-state index contributed by atoms with van der Waals surface area (Å²) in [6, 6.07) is 3.91. The molecule has 1 heterocycles. The molecule has 6 heteroatoms. The average Bonchev–Trinajstić information content (AvgIpc) is 3.19. The summed E-state index contributed by atoms with van der Waals surface area (Å²) in [5.41, 5.74) is 6.16. The lowest BCUT2D eigenvalue weighted by Gasteiger charge is -2.22. The fourth-order valence-electron chi connectivity index (χ4n) is 1.77. The van der Waals surface area contributed by atoms with Crippen molar-refractivity contribution in [2.24, 2.45) is 10.9 Å². The van der Waals surface area contributed by atoms with Crippen LogP contribution in [-0.4, -0.2) is 40.3 Å². The van der Waals surface area contributed by atoms with Crippen LogP contribution in [0.25, 0.3) is 0 Å². The zero-order chi connectivity index (χ0) is 12.3. The second kappa shape index (κ2) is 5.01. The maximum atomic E-state index is 9.04. The molecule has 1 aliphatic carbocycles. The van der Waals surface area contributed by atoms with Crippen molar-refractivity contribution in [3.05, 3.63) is 23.9 Å². The predicted octanol–water partition coefficient (Wildman–Crippen LogP) is 0.137. The fraction of sp³-hybridized carbons (Fsp3) is 0.455. The number of hydrogen-bond donors (Lipinski definition) is 3. The number of aromatic nitrogens is 1. The van der Waals surface area contributed by atoms with E-state index in [0.29, 0.717) is 18.2 Å². The largest absolute Gasteiger partial charge is 0.409 e. The third-order valence-corrected chi connectivity index (χ3v) is 2.77. The molecule has 92 valence electrons. The fourth-order valence-corrected chi connectivity index (χ4v) is 1.77. The van der Waals surface area contributed by atoms with Crippen LogP contribution in [0.15, 0.2) is 23.5 Å². The monoisotopic (exact) mass is 236 g/mol. The van der Waals surface area contributed by atoms with E-state index in [-0.39, 0.29) is 12.4 Å². The van der Waals surface area contributed by atoms with Crippen LogP contribution >= 0.6 is 0 Å². The standard InChI is InChI=1S/C11H16N4O2/c12-11(14-17)8-3-4-13-10(7-8)15(5-6-16)9-1-2-9/h3-4,7,9,16-17H,1-2,5-6H2,(H2,12,14). The maximum absolute atomic E-state index is 9.04. The molecule has 0 unspecified atom stereocenters. The summed E-state index contributed by atoms with van der Waals surface area (Å²) in [5.74, 6) is 0.819. The summed E-state index contributed by atoms with van der Waals surface area (Å²) in [7, 11) is 0. The second-order valence-corrected chi connectivity index (χ2v) is 4.04. The van der Waals surface area contributed by atoms with E-state index in [1.807, 2.05) is 4.90 Å². The van der Waals surface area contributed by atoms with Gasteiger partial charge in [-0.15, -0.1) is 0 Å². The third-order valence-electron chi connectivity index (χ3n) is 2.77. The van der Waals surface area contributed by atoms with E-state index in [1.165, 1.54) is 0 Å². The summed E-state index contributed by atoms with van der Waals surface area (Å²) in [5, 5.41) is 20.6. The molecule has 1 aromatic heterocycles. The van der Waals surface area contributed by atoms with Gasteiger partial charge in [0.1, 0.15) is 5.82 Å². The molecule has 0 spiro atoms. The first-order valence-electron chi connectivity index (χ1n) is 5.57. The lowest BCUT2D eigenvalue weighted by molar-refractivity contribution is 0.301. The van der Waals surface area contributed by atoms with Gasteiger partial charge in [0.2, 0.25) is 0 Å². The van der Waals surface area contributed by atoms with Crippen molar-refractivity contribution in [3.63, 3.8) is 0 Å². The smallest absolute Gasteiger partial charge is 0.170 e. The Hall–Kier alpha value is -1.82. The number of anilines is 1. The molecule has 1 aromatic rings. The number of oxime groups is 1. The third kappa shape index (κ3) is 2.65. The summed E-state index contributed by atoms with van der Waals surface area (Å²) in [4.78, 5) is 6.31. The molecule has 0 aliphatic heterocycles. The Balaban J connectivity index is 2.24. The molecule has 0 amide bonds. The quantitative estimate of drug-likeness (QED) is 0.292. The number of nitrogens with two attached hydrogens (primary N) is 1. The van der Waals surface area contributed by atoms with Crippen molar-refractivity contribution < 1.29 is 10.3 Å². The van der Waals surface area contributed by atoms with Gasteiger partial charge in [-0.3, -0.25) is 0 Å². The van der Waals surface area contributed by atoms with Crippen LogP contribution < -0.4 is 10.6 Å². The molecule has 1 aliphatic rings. The van der Waals surface area contributed by atoms with Crippen LogP contribution in [0.1, 0.15) is 18.4 Å². The zero-order valence-electron chi connectivity index (χ0n) is 9.45. The first kappa shape index (κ1) is 11.7. The van der Waals surface area contributed by atoms with Crippen LogP contribution in [0.2, 0.25) is 0 Å². The van der Waals surface area contributed by atoms with E-state index in [2.05, 4.69) is 10.1 Å². The number of pyridine rings is 1. The summed E-state index contributed by atoms with van der Waals surface area (Å²) in [6.45, 7) is 0.642. The molecule has 0 bridgehead atoms. The van der Waals surface area contributed by atoms with E-state index in [9.17, 15) is 0 Å². The first-order chi connectivity index (χ1) is 8.26. The van der Waals surface area contributed by atoms with Crippen molar-refractivity contribution in [3.8, 4) is 0 Å². The highest BCUT2D eigenvalue weighted by Crippen LogP contribution is 2.30. The normalized spacial score (nSPS) is 15.9. The summed E-state index contributed by atoms with van der Waals surface area (Å²) in [6.07, 6.45) is 3.86.